The quantitative estimate of drug-likeness (QED) is 0.861. The maximum atomic E-state index is 13.7. The van der Waals surface area contributed by atoms with Crippen LogP contribution in [0.2, 0.25) is 0 Å². The molecule has 7 heteroatoms. The second kappa shape index (κ2) is 5.78. The Hall–Kier alpha value is -1.63. The van der Waals surface area contributed by atoms with Gasteiger partial charge in [-0.1, -0.05) is 32.0 Å². The average Bonchev–Trinajstić information content (AvgIpc) is 2.36. The molecule has 1 atom stereocenters. The molecular weight excluding hydrogens is 278 g/mol. The minimum Gasteiger partial charge on any atom is -0.335 e. The number of halogens is 4. The molecule has 0 spiro atoms. The Labute approximate surface area is 113 Å². The molecule has 0 bridgehead atoms. The molecule has 1 aromatic carbocycles. The molecule has 0 aromatic heterocycles. The van der Waals surface area contributed by atoms with Crippen molar-refractivity contribution >= 4 is 11.6 Å². The summed E-state index contributed by atoms with van der Waals surface area (Å²) in [6, 6.07) is 6.25. The third-order valence-corrected chi connectivity index (χ3v) is 2.77. The highest BCUT2D eigenvalue weighted by Gasteiger charge is 2.63. The minimum absolute atomic E-state index is 0.0473. The molecule has 0 unspecified atom stereocenters. The summed E-state index contributed by atoms with van der Waals surface area (Å²) in [5, 5.41) is 1.93. The van der Waals surface area contributed by atoms with Crippen molar-refractivity contribution in [2.45, 2.75) is 31.8 Å². The van der Waals surface area contributed by atoms with Crippen molar-refractivity contribution in [2.24, 2.45) is 0 Å². The molecule has 0 fully saturated rings. The molecule has 1 N–H and O–H groups in total. The molecule has 0 radical (unpaired) electrons. The summed E-state index contributed by atoms with van der Waals surface area (Å²) in [6.45, 7) is 3.60. The number of hydrogen-bond donors (Lipinski definition) is 1. The summed E-state index contributed by atoms with van der Waals surface area (Å²) in [7, 11) is 0.488. The second-order valence-corrected chi connectivity index (χ2v) is 4.49. The van der Waals surface area contributed by atoms with Crippen molar-refractivity contribution in [3.8, 4) is 0 Å². The highest BCUT2D eigenvalue weighted by atomic mass is 19.4. The highest BCUT2D eigenvalue weighted by Crippen LogP contribution is 2.36. The number of benzene rings is 1. The van der Waals surface area contributed by atoms with E-state index in [1.165, 1.54) is 12.1 Å². The second-order valence-electron chi connectivity index (χ2n) is 4.49. The molecule has 0 heterocycles. The number of methoxy groups -OCH3 is 1. The molecule has 0 aliphatic rings. The average molecular weight is 293 g/mol. The first-order valence-corrected chi connectivity index (χ1v) is 5.84. The summed E-state index contributed by atoms with van der Waals surface area (Å²) in [5.74, 6) is -6.33. The molecule has 3 nitrogen and oxygen atoms in total. The number of anilines is 1. The highest BCUT2D eigenvalue weighted by molar-refractivity contribution is 5.97. The Morgan fingerprint density at radius 3 is 2.20 bits per heavy atom. The van der Waals surface area contributed by atoms with Crippen molar-refractivity contribution in [1.82, 2.24) is 0 Å². The standard InChI is InChI=1S/C13H15F4NO2/c1-8(2)9-6-4-5-7-10(9)18-11(19)12(14,20-3)13(15,16)17/h4-8H,1-3H3,(H,18,19)/t12-/m0/s1. The van der Waals surface area contributed by atoms with Crippen LogP contribution in [0.1, 0.15) is 25.3 Å². The van der Waals surface area contributed by atoms with Gasteiger partial charge in [-0.3, -0.25) is 4.79 Å². The number of rotatable bonds is 4. The fourth-order valence-electron chi connectivity index (χ4n) is 1.65. The Morgan fingerprint density at radius 1 is 1.20 bits per heavy atom. The topological polar surface area (TPSA) is 38.3 Å². The van der Waals surface area contributed by atoms with Crippen LogP contribution in [0.25, 0.3) is 0 Å². The zero-order chi connectivity index (χ0) is 15.6. The number of alkyl halides is 4. The molecule has 0 aliphatic carbocycles. The van der Waals surface area contributed by atoms with Gasteiger partial charge in [0.2, 0.25) is 0 Å². The summed E-state index contributed by atoms with van der Waals surface area (Å²) >= 11 is 0. The summed E-state index contributed by atoms with van der Waals surface area (Å²) in [6.07, 6.45) is -5.46. The Morgan fingerprint density at radius 2 is 1.75 bits per heavy atom. The number of nitrogens with one attached hydrogen (secondary N) is 1. The van der Waals surface area contributed by atoms with Crippen LogP contribution in [0.5, 0.6) is 0 Å². The van der Waals surface area contributed by atoms with Crippen molar-refractivity contribution in [2.75, 3.05) is 12.4 Å². The van der Waals surface area contributed by atoms with Gasteiger partial charge in [0.05, 0.1) is 0 Å². The lowest BCUT2D eigenvalue weighted by Gasteiger charge is -2.25. The van der Waals surface area contributed by atoms with Crippen molar-refractivity contribution in [3.05, 3.63) is 29.8 Å². The van der Waals surface area contributed by atoms with E-state index in [-0.39, 0.29) is 11.6 Å². The number of carbonyl (C=O) groups is 1. The van der Waals surface area contributed by atoms with E-state index in [1.807, 2.05) is 5.32 Å². The van der Waals surface area contributed by atoms with E-state index in [4.69, 9.17) is 0 Å². The van der Waals surface area contributed by atoms with Crippen LogP contribution in [0.4, 0.5) is 23.2 Å². The minimum atomic E-state index is -5.46. The summed E-state index contributed by atoms with van der Waals surface area (Å²) < 4.78 is 55.1. The number of para-hydroxylation sites is 1. The van der Waals surface area contributed by atoms with E-state index >= 15 is 0 Å². The largest absolute Gasteiger partial charge is 0.458 e. The Bertz CT molecular complexity index is 488. The number of hydrogen-bond acceptors (Lipinski definition) is 2. The van der Waals surface area contributed by atoms with Gasteiger partial charge in [-0.15, -0.1) is 0 Å². The fourth-order valence-corrected chi connectivity index (χ4v) is 1.65. The molecule has 0 aliphatic heterocycles. The predicted molar refractivity (Wildman–Crippen MR) is 66.1 cm³/mol. The van der Waals surface area contributed by atoms with E-state index in [2.05, 4.69) is 4.74 Å². The molecule has 0 saturated heterocycles. The lowest BCUT2D eigenvalue weighted by Crippen LogP contribution is -2.52. The maximum Gasteiger partial charge on any atom is 0.458 e. The van der Waals surface area contributed by atoms with Crippen molar-refractivity contribution in [1.29, 1.82) is 0 Å². The van der Waals surface area contributed by atoms with E-state index in [0.29, 0.717) is 12.7 Å². The molecular formula is C13H15F4NO2. The summed E-state index contributed by atoms with van der Waals surface area (Å²) in [5.41, 5.74) is 0.720. The third kappa shape index (κ3) is 3.09. The van der Waals surface area contributed by atoms with Crippen LogP contribution in [-0.4, -0.2) is 25.0 Å². The lowest BCUT2D eigenvalue weighted by atomic mass is 10.0. The molecule has 1 amide bonds. The molecule has 1 aromatic rings. The van der Waals surface area contributed by atoms with E-state index in [0.717, 1.165) is 0 Å². The van der Waals surface area contributed by atoms with Gasteiger partial charge in [0, 0.05) is 12.8 Å². The van der Waals surface area contributed by atoms with Crippen LogP contribution < -0.4 is 5.32 Å². The number of ether oxygens (including phenoxy) is 1. The first-order valence-electron chi connectivity index (χ1n) is 5.84. The normalized spacial score (nSPS) is 15.0. The van der Waals surface area contributed by atoms with Crippen LogP contribution in [0.15, 0.2) is 24.3 Å². The van der Waals surface area contributed by atoms with Gasteiger partial charge in [0.25, 0.3) is 5.91 Å². The third-order valence-electron chi connectivity index (χ3n) is 2.77. The first-order chi connectivity index (χ1) is 9.13. The van der Waals surface area contributed by atoms with E-state index in [9.17, 15) is 22.4 Å². The van der Waals surface area contributed by atoms with Gasteiger partial charge in [-0.2, -0.15) is 17.6 Å². The number of amides is 1. The van der Waals surface area contributed by atoms with E-state index < -0.39 is 17.9 Å². The van der Waals surface area contributed by atoms with Crippen LogP contribution in [-0.2, 0) is 9.53 Å². The molecule has 1 rings (SSSR count). The Balaban J connectivity index is 3.08. The zero-order valence-electron chi connectivity index (χ0n) is 11.2. The van der Waals surface area contributed by atoms with Gasteiger partial charge in [0.15, 0.2) is 0 Å². The van der Waals surface area contributed by atoms with Crippen LogP contribution in [0, 0.1) is 0 Å². The first kappa shape index (κ1) is 16.4. The van der Waals surface area contributed by atoms with Crippen molar-refractivity contribution < 1.29 is 27.1 Å². The monoisotopic (exact) mass is 293 g/mol. The SMILES string of the molecule is CO[C@@](F)(C(=O)Nc1ccccc1C(C)C)C(F)(F)F. The smallest absolute Gasteiger partial charge is 0.335 e. The Kier molecular flexibility index (Phi) is 4.75. The maximum absolute atomic E-state index is 13.7. The van der Waals surface area contributed by atoms with Gasteiger partial charge in [0.1, 0.15) is 0 Å². The number of carbonyl (C=O) groups excluding carboxylic acids is 1. The molecule has 20 heavy (non-hydrogen) atoms. The van der Waals surface area contributed by atoms with Gasteiger partial charge in [-0.05, 0) is 17.5 Å². The van der Waals surface area contributed by atoms with Crippen molar-refractivity contribution in [3.63, 3.8) is 0 Å². The van der Waals surface area contributed by atoms with Gasteiger partial charge >= 0.3 is 12.0 Å². The van der Waals surface area contributed by atoms with Crippen LogP contribution in [0.3, 0.4) is 0 Å². The van der Waals surface area contributed by atoms with Crippen LogP contribution >= 0.6 is 0 Å². The summed E-state index contributed by atoms with van der Waals surface area (Å²) in [4.78, 5) is 11.6. The van der Waals surface area contributed by atoms with E-state index in [1.54, 1.807) is 26.0 Å². The van der Waals surface area contributed by atoms with Gasteiger partial charge in [-0.25, -0.2) is 0 Å². The van der Waals surface area contributed by atoms with Gasteiger partial charge < -0.3 is 10.1 Å². The lowest BCUT2D eigenvalue weighted by molar-refractivity contribution is -0.305. The molecule has 0 saturated carbocycles. The zero-order valence-corrected chi connectivity index (χ0v) is 11.2. The predicted octanol–water partition coefficient (Wildman–Crippen LogP) is 3.62. The molecule has 112 valence electrons. The fraction of sp³-hybridized carbons (Fsp3) is 0.462.